The van der Waals surface area contributed by atoms with Crippen LogP contribution < -0.4 is 0 Å². The smallest absolute Gasteiger partial charge is 0.308 e. The summed E-state index contributed by atoms with van der Waals surface area (Å²) in [5.74, 6) is -0.484. The first kappa shape index (κ1) is 14.9. The van der Waals surface area contributed by atoms with Gasteiger partial charge >= 0.3 is 5.97 Å². The Bertz CT molecular complexity index is 297. The van der Waals surface area contributed by atoms with Crippen LogP contribution in [0.25, 0.3) is 0 Å². The van der Waals surface area contributed by atoms with Gasteiger partial charge in [0.1, 0.15) is 11.2 Å². The Morgan fingerprint density at radius 2 is 2.25 bits per heavy atom. The number of aliphatic hydroxyl groups is 2. The fourth-order valence-corrected chi connectivity index (χ4v) is 2.43. The third-order valence-electron chi connectivity index (χ3n) is 3.59. The second-order valence-corrected chi connectivity index (χ2v) is 4.59. The van der Waals surface area contributed by atoms with Gasteiger partial charge < -0.3 is 19.7 Å². The number of esters is 1. The Labute approximate surface area is 130 Å². The van der Waals surface area contributed by atoms with Crippen molar-refractivity contribution in [3.63, 3.8) is 0 Å². The van der Waals surface area contributed by atoms with Crippen LogP contribution in [0, 0.1) is 44.1 Å². The summed E-state index contributed by atoms with van der Waals surface area (Å²) in [6.07, 6.45) is -0.195. The molecule has 0 amide bonds. The second kappa shape index (κ2) is 4.81. The summed E-state index contributed by atoms with van der Waals surface area (Å²) in [6.45, 7) is 1.77. The number of hydrogen-bond acceptors (Lipinski definition) is 5. The number of carbonyl (C=O) groups is 1. The topological polar surface area (TPSA) is 79.3 Å². The number of rotatable bonds is 2. The van der Waals surface area contributed by atoms with Gasteiger partial charge in [-0.2, -0.15) is 0 Å². The molecule has 1 saturated carbocycles. The molecule has 1 radical (unpaired) electrons. The van der Waals surface area contributed by atoms with Crippen molar-refractivity contribution in [1.29, 1.82) is 0 Å². The Morgan fingerprint density at radius 3 is 2.81 bits per heavy atom. The molecule has 2 N–H and O–H groups in total. The van der Waals surface area contributed by atoms with Crippen molar-refractivity contribution in [2.24, 2.45) is 0 Å². The van der Waals surface area contributed by atoms with Crippen LogP contribution >= 0.6 is 0 Å². The van der Waals surface area contributed by atoms with Gasteiger partial charge in [-0.3, -0.25) is 4.79 Å². The molecule has 0 aromatic carbocycles. The van der Waals surface area contributed by atoms with Gasteiger partial charge in [-0.25, -0.2) is 0 Å². The second-order valence-electron chi connectivity index (χ2n) is 4.59. The molecule has 6 heteroatoms. The molecule has 2 aliphatic rings. The first-order valence-electron chi connectivity index (χ1n) is 5.06. The van der Waals surface area contributed by atoms with Crippen molar-refractivity contribution in [3.05, 3.63) is 0 Å². The molecular weight excluding hydrogens is 427 g/mol. The minimum atomic E-state index is -1.30. The number of aliphatic hydroxyl groups excluding tert-OH is 1. The van der Waals surface area contributed by atoms with Crippen LogP contribution in [-0.4, -0.2) is 46.7 Å². The molecule has 16 heavy (non-hydrogen) atoms. The third kappa shape index (κ3) is 2.32. The maximum atomic E-state index is 11.2. The molecular formula is C10H16AcO5. The van der Waals surface area contributed by atoms with Gasteiger partial charge in [0, 0.05) is 56.9 Å². The fraction of sp³-hybridized carbons (Fsp3) is 0.900. The van der Waals surface area contributed by atoms with Crippen LogP contribution in [0.15, 0.2) is 0 Å². The molecule has 0 aromatic rings. The molecule has 1 heterocycles. The zero-order valence-corrected chi connectivity index (χ0v) is 14.2. The number of methoxy groups -OCH3 is 1. The number of epoxide rings is 1. The minimum absolute atomic E-state index is 0. The summed E-state index contributed by atoms with van der Waals surface area (Å²) >= 11 is 0. The number of hydrogen-bond donors (Lipinski definition) is 2. The van der Waals surface area contributed by atoms with E-state index >= 15 is 0 Å². The van der Waals surface area contributed by atoms with Crippen molar-refractivity contribution in [2.45, 2.75) is 49.6 Å². The molecule has 2 rings (SSSR count). The molecule has 89 valence electrons. The van der Waals surface area contributed by atoms with Crippen LogP contribution in [0.1, 0.15) is 26.2 Å². The van der Waals surface area contributed by atoms with Crippen LogP contribution in [-0.2, 0) is 14.3 Å². The normalized spacial score (nSPS) is 45.2. The first-order valence-corrected chi connectivity index (χ1v) is 5.06. The average molecular weight is 443 g/mol. The summed E-state index contributed by atoms with van der Waals surface area (Å²) in [6, 6.07) is 0. The number of fused-ring (bicyclic) bond motifs is 1. The van der Waals surface area contributed by atoms with E-state index < -0.39 is 23.3 Å². The summed E-state index contributed by atoms with van der Waals surface area (Å²) in [7, 11) is 1.28. The summed E-state index contributed by atoms with van der Waals surface area (Å²) in [4.78, 5) is 11.2. The molecule has 1 aliphatic carbocycles. The van der Waals surface area contributed by atoms with Crippen molar-refractivity contribution < 1.29 is 68.5 Å². The van der Waals surface area contributed by atoms with Crippen LogP contribution in [0.3, 0.4) is 0 Å². The largest absolute Gasteiger partial charge is 0.469 e. The Morgan fingerprint density at radius 1 is 1.62 bits per heavy atom. The molecule has 0 aromatic heterocycles. The van der Waals surface area contributed by atoms with Gasteiger partial charge in [0.2, 0.25) is 0 Å². The molecule has 4 unspecified atom stereocenters. The van der Waals surface area contributed by atoms with E-state index in [0.29, 0.717) is 6.42 Å². The van der Waals surface area contributed by atoms with Crippen LogP contribution in [0.2, 0.25) is 0 Å². The monoisotopic (exact) mass is 443 g/mol. The minimum Gasteiger partial charge on any atom is -0.469 e. The number of carbonyl (C=O) groups excluding carboxylic acids is 1. The molecule has 2 fully saturated rings. The van der Waals surface area contributed by atoms with Crippen molar-refractivity contribution in [2.75, 3.05) is 7.11 Å². The maximum absolute atomic E-state index is 11.2. The maximum Gasteiger partial charge on any atom is 0.308 e. The molecule has 1 saturated heterocycles. The van der Waals surface area contributed by atoms with E-state index in [0.717, 1.165) is 0 Å². The van der Waals surface area contributed by atoms with Gasteiger partial charge in [-0.15, -0.1) is 0 Å². The predicted octanol–water partition coefficient (Wildman–Crippen LogP) is -0.407. The molecule has 4 atom stereocenters. The molecule has 1 aliphatic heterocycles. The van der Waals surface area contributed by atoms with Gasteiger partial charge in [0.25, 0.3) is 0 Å². The molecule has 5 nitrogen and oxygen atoms in total. The SMILES string of the molecule is COC(=O)CC1(O)CC(O)CC2OC21C.[Ac]. The Hall–Kier alpha value is 0.792. The molecule has 0 spiro atoms. The predicted molar refractivity (Wildman–Crippen MR) is 50.1 cm³/mol. The fourth-order valence-electron chi connectivity index (χ4n) is 2.43. The molecule has 0 bridgehead atoms. The summed E-state index contributed by atoms with van der Waals surface area (Å²) in [5, 5.41) is 19.9. The zero-order valence-electron chi connectivity index (χ0n) is 9.47. The summed E-state index contributed by atoms with van der Waals surface area (Å²) < 4.78 is 9.91. The van der Waals surface area contributed by atoms with E-state index in [1.807, 2.05) is 0 Å². The standard InChI is InChI=1S/C10H16O5.Ac/c1-9-7(15-9)3-6(11)4-10(9,13)5-8(12)14-2;/h6-7,11,13H,3-5H2,1-2H3;. The quantitative estimate of drug-likeness (QED) is 0.449. The van der Waals surface area contributed by atoms with E-state index in [-0.39, 0.29) is 63.0 Å². The van der Waals surface area contributed by atoms with Crippen molar-refractivity contribution >= 4 is 5.97 Å². The van der Waals surface area contributed by atoms with E-state index in [1.165, 1.54) is 7.11 Å². The van der Waals surface area contributed by atoms with E-state index in [4.69, 9.17) is 4.74 Å². The van der Waals surface area contributed by atoms with Crippen molar-refractivity contribution in [3.8, 4) is 0 Å². The van der Waals surface area contributed by atoms with Gasteiger partial charge in [0.15, 0.2) is 0 Å². The summed E-state index contributed by atoms with van der Waals surface area (Å²) in [5.41, 5.74) is -2.00. The Kier molecular flexibility index (Phi) is 4.47. The number of ether oxygens (including phenoxy) is 2. The van der Waals surface area contributed by atoms with Gasteiger partial charge in [0.05, 0.1) is 25.7 Å². The zero-order chi connectivity index (χ0) is 11.3. The third-order valence-corrected chi connectivity index (χ3v) is 3.59. The first-order chi connectivity index (χ1) is 6.91. The van der Waals surface area contributed by atoms with Crippen LogP contribution in [0.5, 0.6) is 0 Å². The van der Waals surface area contributed by atoms with Crippen LogP contribution in [0.4, 0.5) is 0 Å². The van der Waals surface area contributed by atoms with E-state index in [1.54, 1.807) is 6.92 Å². The van der Waals surface area contributed by atoms with Crippen molar-refractivity contribution in [1.82, 2.24) is 0 Å². The van der Waals surface area contributed by atoms with E-state index in [9.17, 15) is 15.0 Å². The average Bonchev–Trinajstić information content (AvgIpc) is 2.77. The van der Waals surface area contributed by atoms with E-state index in [2.05, 4.69) is 4.74 Å². The Balaban J connectivity index is 0.00000128. The van der Waals surface area contributed by atoms with Gasteiger partial charge in [-0.05, 0) is 6.92 Å². The van der Waals surface area contributed by atoms with Gasteiger partial charge in [-0.1, -0.05) is 0 Å².